The van der Waals surface area contributed by atoms with Crippen molar-refractivity contribution in [3.8, 4) is 5.75 Å². The number of aromatic amines is 1. The largest absolute Gasteiger partial charge is 0.483 e. The zero-order valence-corrected chi connectivity index (χ0v) is 12.9. The Morgan fingerprint density at radius 3 is 3.22 bits per heavy atom. The van der Waals surface area contributed by atoms with Gasteiger partial charge in [-0.2, -0.15) is 10.2 Å². The van der Waals surface area contributed by atoms with E-state index in [2.05, 4.69) is 38.8 Å². The SMILES string of the molecule is Cn1cc(O[C@@H]2COC[C@@H]2NCc2ccc3cn[nH]c3c2)cn1. The van der Waals surface area contributed by atoms with E-state index in [4.69, 9.17) is 9.47 Å². The Kier molecular flexibility index (Phi) is 3.72. The second-order valence-corrected chi connectivity index (χ2v) is 5.82. The van der Waals surface area contributed by atoms with Crippen molar-refractivity contribution in [2.75, 3.05) is 13.2 Å². The lowest BCUT2D eigenvalue weighted by atomic mass is 10.1. The van der Waals surface area contributed by atoms with Crippen LogP contribution in [-0.2, 0) is 18.3 Å². The van der Waals surface area contributed by atoms with E-state index >= 15 is 0 Å². The lowest BCUT2D eigenvalue weighted by molar-refractivity contribution is 0.139. The number of hydrogen-bond donors (Lipinski definition) is 2. The number of fused-ring (bicyclic) bond motifs is 1. The van der Waals surface area contributed by atoms with Crippen LogP contribution < -0.4 is 10.1 Å². The highest BCUT2D eigenvalue weighted by molar-refractivity contribution is 5.78. The molecule has 7 heteroatoms. The van der Waals surface area contributed by atoms with Crippen molar-refractivity contribution >= 4 is 10.9 Å². The highest BCUT2D eigenvalue weighted by Gasteiger charge is 2.30. The summed E-state index contributed by atoms with van der Waals surface area (Å²) in [7, 11) is 1.87. The Morgan fingerprint density at radius 1 is 1.39 bits per heavy atom. The Labute approximate surface area is 133 Å². The Morgan fingerprint density at radius 2 is 2.35 bits per heavy atom. The first-order valence-corrected chi connectivity index (χ1v) is 7.66. The molecule has 1 aliphatic rings. The molecule has 2 aromatic heterocycles. The monoisotopic (exact) mass is 313 g/mol. The summed E-state index contributed by atoms with van der Waals surface area (Å²) in [6.07, 6.45) is 5.41. The van der Waals surface area contributed by atoms with Crippen molar-refractivity contribution in [3.05, 3.63) is 42.4 Å². The number of benzene rings is 1. The molecule has 3 heterocycles. The first kappa shape index (κ1) is 14.2. The van der Waals surface area contributed by atoms with Gasteiger partial charge in [-0.05, 0) is 11.6 Å². The third-order valence-electron chi connectivity index (χ3n) is 4.07. The zero-order valence-electron chi connectivity index (χ0n) is 12.9. The molecule has 0 spiro atoms. The smallest absolute Gasteiger partial charge is 0.157 e. The van der Waals surface area contributed by atoms with E-state index in [-0.39, 0.29) is 12.1 Å². The van der Waals surface area contributed by atoms with Gasteiger partial charge < -0.3 is 14.8 Å². The molecule has 1 fully saturated rings. The van der Waals surface area contributed by atoms with Gasteiger partial charge in [0.2, 0.25) is 0 Å². The van der Waals surface area contributed by atoms with Gasteiger partial charge in [-0.15, -0.1) is 0 Å². The van der Waals surface area contributed by atoms with Crippen molar-refractivity contribution in [3.63, 3.8) is 0 Å². The second kappa shape index (κ2) is 6.02. The van der Waals surface area contributed by atoms with Gasteiger partial charge in [0.1, 0.15) is 6.10 Å². The highest BCUT2D eigenvalue weighted by Crippen LogP contribution is 2.17. The summed E-state index contributed by atoms with van der Waals surface area (Å²) in [6.45, 7) is 2.00. The van der Waals surface area contributed by atoms with Crippen LogP contribution in [0.15, 0.2) is 36.8 Å². The second-order valence-electron chi connectivity index (χ2n) is 5.82. The van der Waals surface area contributed by atoms with Crippen LogP contribution in [-0.4, -0.2) is 45.3 Å². The fourth-order valence-electron chi connectivity index (χ4n) is 2.82. The van der Waals surface area contributed by atoms with E-state index in [0.717, 1.165) is 23.2 Å². The van der Waals surface area contributed by atoms with Crippen LogP contribution in [0.3, 0.4) is 0 Å². The van der Waals surface area contributed by atoms with E-state index in [9.17, 15) is 0 Å². The van der Waals surface area contributed by atoms with Crippen LogP contribution in [0, 0.1) is 0 Å². The third kappa shape index (κ3) is 3.06. The van der Waals surface area contributed by atoms with Crippen LogP contribution in [0.2, 0.25) is 0 Å². The number of hydrogen-bond acceptors (Lipinski definition) is 5. The minimum atomic E-state index is -0.00455. The van der Waals surface area contributed by atoms with Gasteiger partial charge in [0.25, 0.3) is 0 Å². The van der Waals surface area contributed by atoms with Crippen molar-refractivity contribution < 1.29 is 9.47 Å². The van der Waals surface area contributed by atoms with Crippen LogP contribution in [0.25, 0.3) is 10.9 Å². The molecule has 1 saturated heterocycles. The van der Waals surface area contributed by atoms with E-state index < -0.39 is 0 Å². The number of ether oxygens (including phenoxy) is 2. The summed E-state index contributed by atoms with van der Waals surface area (Å²) in [5.41, 5.74) is 2.25. The van der Waals surface area contributed by atoms with Crippen molar-refractivity contribution in [1.29, 1.82) is 0 Å². The molecule has 7 nitrogen and oxygen atoms in total. The maximum atomic E-state index is 5.97. The lowest BCUT2D eigenvalue weighted by Gasteiger charge is -2.19. The molecule has 0 aliphatic carbocycles. The molecule has 0 amide bonds. The molecule has 3 aromatic rings. The highest BCUT2D eigenvalue weighted by atomic mass is 16.5. The van der Waals surface area contributed by atoms with Gasteiger partial charge in [-0.25, -0.2) is 0 Å². The quantitative estimate of drug-likeness (QED) is 0.741. The van der Waals surface area contributed by atoms with E-state index in [0.29, 0.717) is 13.2 Å². The molecule has 23 heavy (non-hydrogen) atoms. The molecule has 0 radical (unpaired) electrons. The molecule has 1 aliphatic heterocycles. The van der Waals surface area contributed by atoms with Crippen LogP contribution >= 0.6 is 0 Å². The minimum absolute atomic E-state index is 0.00455. The molecular weight excluding hydrogens is 294 g/mol. The average Bonchev–Trinajstić information content (AvgIpc) is 3.26. The topological polar surface area (TPSA) is 77.0 Å². The summed E-state index contributed by atoms with van der Waals surface area (Å²) < 4.78 is 13.3. The first-order valence-electron chi connectivity index (χ1n) is 7.66. The molecule has 0 saturated carbocycles. The molecule has 0 bridgehead atoms. The minimum Gasteiger partial charge on any atom is -0.483 e. The maximum Gasteiger partial charge on any atom is 0.157 e. The van der Waals surface area contributed by atoms with Gasteiger partial charge in [0, 0.05) is 19.0 Å². The van der Waals surface area contributed by atoms with Crippen molar-refractivity contribution in [1.82, 2.24) is 25.3 Å². The van der Waals surface area contributed by atoms with E-state index in [1.165, 1.54) is 5.56 Å². The molecule has 2 N–H and O–H groups in total. The summed E-state index contributed by atoms with van der Waals surface area (Å²) in [6, 6.07) is 6.46. The van der Waals surface area contributed by atoms with Gasteiger partial charge in [-0.1, -0.05) is 12.1 Å². The van der Waals surface area contributed by atoms with Crippen LogP contribution in [0.1, 0.15) is 5.56 Å². The third-order valence-corrected chi connectivity index (χ3v) is 4.07. The maximum absolute atomic E-state index is 5.97. The molecule has 2 atom stereocenters. The number of H-pyrrole nitrogens is 1. The Bertz CT molecular complexity index is 796. The Balaban J connectivity index is 1.39. The van der Waals surface area contributed by atoms with Gasteiger partial charge in [0.15, 0.2) is 5.75 Å². The molecular formula is C16H19N5O2. The number of rotatable bonds is 5. The fourth-order valence-corrected chi connectivity index (χ4v) is 2.82. The normalized spacial score (nSPS) is 21.1. The number of nitrogens with one attached hydrogen (secondary N) is 2. The summed E-state index contributed by atoms with van der Waals surface area (Å²) in [5, 5.41) is 15.8. The summed E-state index contributed by atoms with van der Waals surface area (Å²) >= 11 is 0. The van der Waals surface area contributed by atoms with Gasteiger partial charge >= 0.3 is 0 Å². The lowest BCUT2D eigenvalue weighted by Crippen LogP contribution is -2.41. The predicted octanol–water partition coefficient (Wildman–Crippen LogP) is 1.23. The van der Waals surface area contributed by atoms with Crippen molar-refractivity contribution in [2.45, 2.75) is 18.7 Å². The molecule has 120 valence electrons. The zero-order chi connectivity index (χ0) is 15.6. The number of nitrogens with zero attached hydrogens (tertiary/aromatic N) is 3. The predicted molar refractivity (Wildman–Crippen MR) is 85.2 cm³/mol. The molecule has 0 unspecified atom stereocenters. The van der Waals surface area contributed by atoms with Crippen LogP contribution in [0.4, 0.5) is 0 Å². The van der Waals surface area contributed by atoms with Gasteiger partial charge in [0.05, 0.1) is 43.4 Å². The summed E-state index contributed by atoms with van der Waals surface area (Å²) in [4.78, 5) is 0. The first-order chi connectivity index (χ1) is 11.3. The van der Waals surface area contributed by atoms with E-state index in [1.54, 1.807) is 10.9 Å². The fraction of sp³-hybridized carbons (Fsp3) is 0.375. The van der Waals surface area contributed by atoms with E-state index in [1.807, 2.05) is 19.4 Å². The van der Waals surface area contributed by atoms with Gasteiger partial charge in [-0.3, -0.25) is 9.78 Å². The molecule has 1 aromatic carbocycles. The number of aromatic nitrogens is 4. The molecule has 4 rings (SSSR count). The van der Waals surface area contributed by atoms with Crippen molar-refractivity contribution in [2.24, 2.45) is 7.05 Å². The standard InChI is InChI=1S/C16H19N5O2/c1-21-8-13(7-19-21)23-16-10-22-9-15(16)17-5-11-2-3-12-6-18-20-14(12)4-11/h2-4,6-8,15-17H,5,9-10H2,1H3,(H,18,20)/t15-,16+/m0/s1. The average molecular weight is 313 g/mol. The summed E-state index contributed by atoms with van der Waals surface area (Å²) in [5.74, 6) is 0.772. The van der Waals surface area contributed by atoms with Crippen LogP contribution in [0.5, 0.6) is 5.75 Å². The number of aryl methyl sites for hydroxylation is 1. The Hall–Kier alpha value is -2.38.